The van der Waals surface area contributed by atoms with Gasteiger partial charge in [0.1, 0.15) is 0 Å². The van der Waals surface area contributed by atoms with Crippen molar-refractivity contribution in [3.63, 3.8) is 0 Å². The molecule has 0 saturated carbocycles. The zero-order valence-electron chi connectivity index (χ0n) is 15.2. The van der Waals surface area contributed by atoms with Gasteiger partial charge in [0.05, 0.1) is 6.54 Å². The van der Waals surface area contributed by atoms with E-state index < -0.39 is 0 Å². The molecule has 2 N–H and O–H groups in total. The molecule has 1 saturated heterocycles. The van der Waals surface area contributed by atoms with E-state index in [0.29, 0.717) is 36.8 Å². The van der Waals surface area contributed by atoms with Crippen LogP contribution in [0.4, 0.5) is 0 Å². The lowest BCUT2D eigenvalue weighted by Crippen LogP contribution is -2.49. The molecular formula is C16H31IN6O. The van der Waals surface area contributed by atoms with Gasteiger partial charge in [-0.3, -0.25) is 4.99 Å². The highest BCUT2D eigenvalue weighted by Gasteiger charge is 2.21. The molecule has 1 aliphatic rings. The Morgan fingerprint density at radius 2 is 2.08 bits per heavy atom. The quantitative estimate of drug-likeness (QED) is 0.392. The van der Waals surface area contributed by atoms with Gasteiger partial charge in [0.25, 0.3) is 0 Å². The third-order valence-electron chi connectivity index (χ3n) is 4.11. The van der Waals surface area contributed by atoms with E-state index in [9.17, 15) is 0 Å². The number of rotatable bonds is 6. The number of aryl methyl sites for hydroxylation is 1. The molecule has 0 unspecified atom stereocenters. The molecule has 0 spiro atoms. The topological polar surface area (TPSA) is 78.6 Å². The zero-order chi connectivity index (χ0) is 16.7. The standard InChI is InChI=1S/C16H30N6O.HI/c1-5-17-16(18-9-6-15-19-13(4)21-23-15)20-14-7-10-22(11-8-14)12(2)3;/h12,14H,5-11H2,1-4H3,(H2,17,18,20);1H. The van der Waals surface area contributed by atoms with Crippen molar-refractivity contribution in [1.29, 1.82) is 0 Å². The van der Waals surface area contributed by atoms with Crippen LogP contribution in [0.2, 0.25) is 0 Å². The van der Waals surface area contributed by atoms with Gasteiger partial charge in [0, 0.05) is 38.1 Å². The number of nitrogens with one attached hydrogen (secondary N) is 2. The number of nitrogens with zero attached hydrogens (tertiary/aromatic N) is 4. The molecule has 0 amide bonds. The van der Waals surface area contributed by atoms with Crippen LogP contribution in [-0.4, -0.2) is 59.3 Å². The van der Waals surface area contributed by atoms with Crippen molar-refractivity contribution in [2.75, 3.05) is 26.2 Å². The summed E-state index contributed by atoms with van der Waals surface area (Å²) in [6.45, 7) is 12.2. The van der Waals surface area contributed by atoms with Gasteiger partial charge in [0.2, 0.25) is 5.89 Å². The Hall–Kier alpha value is -0.900. The lowest BCUT2D eigenvalue weighted by atomic mass is 10.0. The van der Waals surface area contributed by atoms with Crippen LogP contribution < -0.4 is 10.6 Å². The van der Waals surface area contributed by atoms with Gasteiger partial charge in [-0.2, -0.15) is 4.98 Å². The fourth-order valence-electron chi connectivity index (χ4n) is 2.78. The monoisotopic (exact) mass is 450 g/mol. The molecule has 138 valence electrons. The number of aromatic nitrogens is 2. The molecule has 24 heavy (non-hydrogen) atoms. The predicted molar refractivity (Wildman–Crippen MR) is 107 cm³/mol. The SMILES string of the molecule is CCNC(=NCCc1nc(C)no1)NC1CCN(C(C)C)CC1.I. The molecule has 0 aromatic carbocycles. The first-order chi connectivity index (χ1) is 11.1. The summed E-state index contributed by atoms with van der Waals surface area (Å²) >= 11 is 0. The minimum absolute atomic E-state index is 0. The number of piperidine rings is 1. The predicted octanol–water partition coefficient (Wildman–Crippen LogP) is 1.97. The molecule has 0 radical (unpaired) electrons. The Morgan fingerprint density at radius 1 is 1.38 bits per heavy atom. The van der Waals surface area contributed by atoms with Crippen molar-refractivity contribution in [1.82, 2.24) is 25.7 Å². The smallest absolute Gasteiger partial charge is 0.228 e. The number of halogens is 1. The van der Waals surface area contributed by atoms with Crippen molar-refractivity contribution in [3.05, 3.63) is 11.7 Å². The minimum Gasteiger partial charge on any atom is -0.357 e. The van der Waals surface area contributed by atoms with Gasteiger partial charge in [-0.25, -0.2) is 0 Å². The van der Waals surface area contributed by atoms with E-state index in [-0.39, 0.29) is 24.0 Å². The van der Waals surface area contributed by atoms with Gasteiger partial charge in [-0.15, -0.1) is 24.0 Å². The highest BCUT2D eigenvalue weighted by molar-refractivity contribution is 14.0. The first-order valence-electron chi connectivity index (χ1n) is 8.66. The van der Waals surface area contributed by atoms with Crippen molar-refractivity contribution in [2.24, 2.45) is 4.99 Å². The fourth-order valence-corrected chi connectivity index (χ4v) is 2.78. The second kappa shape index (κ2) is 10.9. The second-order valence-electron chi connectivity index (χ2n) is 6.29. The summed E-state index contributed by atoms with van der Waals surface area (Å²) in [6, 6.07) is 1.13. The van der Waals surface area contributed by atoms with E-state index in [1.807, 2.05) is 6.92 Å². The van der Waals surface area contributed by atoms with E-state index in [0.717, 1.165) is 38.4 Å². The van der Waals surface area contributed by atoms with Crippen molar-refractivity contribution in [2.45, 2.75) is 59.0 Å². The molecule has 7 nitrogen and oxygen atoms in total. The molecule has 1 fully saturated rings. The number of hydrogen-bond acceptors (Lipinski definition) is 5. The van der Waals surface area contributed by atoms with Crippen molar-refractivity contribution in [3.8, 4) is 0 Å². The highest BCUT2D eigenvalue weighted by atomic mass is 127. The van der Waals surface area contributed by atoms with Crippen LogP contribution >= 0.6 is 24.0 Å². The third kappa shape index (κ3) is 6.92. The summed E-state index contributed by atoms with van der Waals surface area (Å²) in [5.41, 5.74) is 0. The summed E-state index contributed by atoms with van der Waals surface area (Å²) in [4.78, 5) is 11.3. The van der Waals surface area contributed by atoms with Crippen LogP contribution in [0.3, 0.4) is 0 Å². The van der Waals surface area contributed by atoms with Crippen LogP contribution in [0.1, 0.15) is 45.3 Å². The van der Waals surface area contributed by atoms with Crippen LogP contribution in [-0.2, 0) is 6.42 Å². The molecule has 2 rings (SSSR count). The first-order valence-corrected chi connectivity index (χ1v) is 8.66. The lowest BCUT2D eigenvalue weighted by Gasteiger charge is -2.35. The molecule has 0 atom stereocenters. The third-order valence-corrected chi connectivity index (χ3v) is 4.11. The van der Waals surface area contributed by atoms with Crippen LogP contribution in [0, 0.1) is 6.92 Å². The van der Waals surface area contributed by atoms with Gasteiger partial charge in [-0.05, 0) is 40.5 Å². The average molecular weight is 450 g/mol. The largest absolute Gasteiger partial charge is 0.357 e. The van der Waals surface area contributed by atoms with Crippen LogP contribution in [0.5, 0.6) is 0 Å². The Labute approximate surface area is 162 Å². The molecule has 0 bridgehead atoms. The Kier molecular flexibility index (Phi) is 9.57. The summed E-state index contributed by atoms with van der Waals surface area (Å²) in [7, 11) is 0. The van der Waals surface area contributed by atoms with Gasteiger partial charge < -0.3 is 20.1 Å². The number of likely N-dealkylation sites (tertiary alicyclic amines) is 1. The maximum atomic E-state index is 5.11. The van der Waals surface area contributed by atoms with Gasteiger partial charge in [-0.1, -0.05) is 5.16 Å². The normalized spacial score (nSPS) is 17.0. The lowest BCUT2D eigenvalue weighted by molar-refractivity contribution is 0.167. The molecular weight excluding hydrogens is 419 g/mol. The average Bonchev–Trinajstić information content (AvgIpc) is 2.93. The van der Waals surface area contributed by atoms with Crippen LogP contribution in [0.25, 0.3) is 0 Å². The highest BCUT2D eigenvalue weighted by Crippen LogP contribution is 2.12. The Balaban J connectivity index is 0.00000288. The number of guanidine groups is 1. The molecule has 1 aromatic heterocycles. The summed E-state index contributed by atoms with van der Waals surface area (Å²) < 4.78 is 5.11. The first kappa shape index (κ1) is 21.1. The number of hydrogen-bond donors (Lipinski definition) is 2. The Morgan fingerprint density at radius 3 is 2.62 bits per heavy atom. The van der Waals surface area contributed by atoms with E-state index in [2.05, 4.69) is 51.4 Å². The van der Waals surface area contributed by atoms with E-state index in [1.54, 1.807) is 0 Å². The van der Waals surface area contributed by atoms with Gasteiger partial charge >= 0.3 is 0 Å². The Bertz CT molecular complexity index is 497. The molecule has 1 aromatic rings. The van der Waals surface area contributed by atoms with Crippen molar-refractivity contribution < 1.29 is 4.52 Å². The molecule has 0 aliphatic carbocycles. The molecule has 1 aliphatic heterocycles. The van der Waals surface area contributed by atoms with E-state index >= 15 is 0 Å². The van der Waals surface area contributed by atoms with E-state index in [1.165, 1.54) is 0 Å². The summed E-state index contributed by atoms with van der Waals surface area (Å²) in [5, 5.41) is 10.7. The maximum Gasteiger partial charge on any atom is 0.228 e. The van der Waals surface area contributed by atoms with Gasteiger partial charge in [0.15, 0.2) is 11.8 Å². The fraction of sp³-hybridized carbons (Fsp3) is 0.812. The van der Waals surface area contributed by atoms with Crippen LogP contribution in [0.15, 0.2) is 9.52 Å². The number of aliphatic imine (C=N–C) groups is 1. The maximum absolute atomic E-state index is 5.11. The molecule has 2 heterocycles. The van der Waals surface area contributed by atoms with E-state index in [4.69, 9.17) is 4.52 Å². The summed E-state index contributed by atoms with van der Waals surface area (Å²) in [5.74, 6) is 2.20. The second-order valence-corrected chi connectivity index (χ2v) is 6.29. The zero-order valence-corrected chi connectivity index (χ0v) is 17.5. The molecule has 8 heteroatoms. The summed E-state index contributed by atoms with van der Waals surface area (Å²) in [6.07, 6.45) is 2.99. The van der Waals surface area contributed by atoms with Crippen molar-refractivity contribution >= 4 is 29.9 Å². The minimum atomic E-state index is 0.